The quantitative estimate of drug-likeness (QED) is 0.689. The zero-order valence-electron chi connectivity index (χ0n) is 16.5. The lowest BCUT2D eigenvalue weighted by Gasteiger charge is -2.16. The molecule has 154 valence electrons. The molecular weight excluding hydrogens is 404 g/mol. The van der Waals surface area contributed by atoms with Crippen molar-refractivity contribution in [3.05, 3.63) is 57.9 Å². The first-order valence-electron chi connectivity index (χ1n) is 10.1. The van der Waals surface area contributed by atoms with Gasteiger partial charge < -0.3 is 14.7 Å². The number of carbonyl (C=O) groups excluding carboxylic acids is 2. The fraction of sp³-hybridized carbons (Fsp3) is 0.364. The predicted molar refractivity (Wildman–Crippen MR) is 112 cm³/mol. The number of halogens is 1. The van der Waals surface area contributed by atoms with Crippen molar-refractivity contribution in [3.63, 3.8) is 0 Å². The van der Waals surface area contributed by atoms with Crippen molar-refractivity contribution in [3.8, 4) is 0 Å². The van der Waals surface area contributed by atoms with Gasteiger partial charge in [-0.3, -0.25) is 9.59 Å². The number of hydrogen-bond acceptors (Lipinski definition) is 5. The third kappa shape index (κ3) is 3.33. The zero-order chi connectivity index (χ0) is 20.8. The fourth-order valence-electron chi connectivity index (χ4n) is 4.12. The van der Waals surface area contributed by atoms with Crippen LogP contribution >= 0.6 is 11.6 Å². The highest BCUT2D eigenvalue weighted by atomic mass is 35.5. The Balaban J connectivity index is 1.46. The number of carbonyl (C=O) groups is 2. The molecule has 2 amide bonds. The first kappa shape index (κ1) is 19.1. The van der Waals surface area contributed by atoms with E-state index in [1.165, 1.54) is 0 Å². The number of pyridine rings is 1. The first-order valence-corrected chi connectivity index (χ1v) is 10.5. The molecule has 2 aliphatic rings. The van der Waals surface area contributed by atoms with Crippen molar-refractivity contribution in [2.24, 2.45) is 0 Å². The van der Waals surface area contributed by atoms with Gasteiger partial charge in [-0.05, 0) is 49.6 Å². The number of benzene rings is 1. The molecule has 5 rings (SSSR count). The lowest BCUT2D eigenvalue weighted by molar-refractivity contribution is 0.0790. The van der Waals surface area contributed by atoms with E-state index < -0.39 is 0 Å². The number of rotatable bonds is 4. The monoisotopic (exact) mass is 424 g/mol. The molecule has 1 saturated carbocycles. The van der Waals surface area contributed by atoms with Crippen LogP contribution < -0.4 is 5.32 Å². The molecule has 1 aliphatic heterocycles. The largest absolute Gasteiger partial charge is 0.355 e. The van der Waals surface area contributed by atoms with Gasteiger partial charge >= 0.3 is 0 Å². The third-order valence-electron chi connectivity index (χ3n) is 5.91. The van der Waals surface area contributed by atoms with E-state index in [0.717, 1.165) is 25.0 Å². The summed E-state index contributed by atoms with van der Waals surface area (Å²) < 4.78 is 5.55. The summed E-state index contributed by atoms with van der Waals surface area (Å²) in [6.45, 7) is 1.13. The van der Waals surface area contributed by atoms with Crippen molar-refractivity contribution in [2.45, 2.75) is 31.1 Å². The molecule has 3 aromatic rings. The molecule has 1 saturated heterocycles. The maximum Gasteiger partial charge on any atom is 0.259 e. The van der Waals surface area contributed by atoms with Gasteiger partial charge in [0.15, 0.2) is 0 Å². The van der Waals surface area contributed by atoms with Gasteiger partial charge in [-0.25, -0.2) is 4.98 Å². The average Bonchev–Trinajstić information content (AvgIpc) is 3.35. The van der Waals surface area contributed by atoms with E-state index in [0.29, 0.717) is 52.0 Å². The van der Waals surface area contributed by atoms with Gasteiger partial charge in [-0.1, -0.05) is 16.8 Å². The normalized spacial score (nSPS) is 18.7. The van der Waals surface area contributed by atoms with Crippen molar-refractivity contribution in [2.75, 3.05) is 20.1 Å². The van der Waals surface area contributed by atoms with E-state index in [-0.39, 0.29) is 17.7 Å². The molecule has 1 unspecified atom stereocenters. The second-order valence-electron chi connectivity index (χ2n) is 7.94. The van der Waals surface area contributed by atoms with Crippen LogP contribution in [-0.4, -0.2) is 47.0 Å². The Kier molecular flexibility index (Phi) is 4.70. The molecule has 1 aliphatic carbocycles. The molecule has 1 aromatic carbocycles. The number of aromatic nitrogens is 2. The minimum atomic E-state index is -0.180. The lowest BCUT2D eigenvalue weighted by atomic mass is 9.98. The van der Waals surface area contributed by atoms with E-state index in [4.69, 9.17) is 16.1 Å². The van der Waals surface area contributed by atoms with Crippen LogP contribution in [0.5, 0.6) is 0 Å². The summed E-state index contributed by atoms with van der Waals surface area (Å²) >= 11 is 5.93. The minimum absolute atomic E-state index is 0.0144. The van der Waals surface area contributed by atoms with Crippen LogP contribution in [0.4, 0.5) is 0 Å². The van der Waals surface area contributed by atoms with Crippen molar-refractivity contribution < 1.29 is 14.1 Å². The molecule has 0 spiro atoms. The lowest BCUT2D eigenvalue weighted by Crippen LogP contribution is -2.28. The molecule has 1 atom stereocenters. The van der Waals surface area contributed by atoms with E-state index in [2.05, 4.69) is 15.5 Å². The standard InChI is InChI=1S/C22H21ClN4O3/c1-24-20(28)16-10-17(12-2-3-12)25-21-18(16)19(26-30-21)14-8-9-27(11-14)22(29)13-4-6-15(23)7-5-13/h4-7,10,12,14H,2-3,8-9,11H2,1H3,(H,24,28). The molecule has 7 nitrogen and oxygen atoms in total. The number of nitrogens with zero attached hydrogens (tertiary/aromatic N) is 3. The van der Waals surface area contributed by atoms with Crippen molar-refractivity contribution >= 4 is 34.5 Å². The Morgan fingerprint density at radius 2 is 1.93 bits per heavy atom. The van der Waals surface area contributed by atoms with Crippen LogP contribution in [0.3, 0.4) is 0 Å². The Hall–Kier alpha value is -2.93. The zero-order valence-corrected chi connectivity index (χ0v) is 17.3. The smallest absolute Gasteiger partial charge is 0.259 e. The van der Waals surface area contributed by atoms with Gasteiger partial charge in [0.1, 0.15) is 0 Å². The highest BCUT2D eigenvalue weighted by Crippen LogP contribution is 2.41. The molecule has 2 aromatic heterocycles. The summed E-state index contributed by atoms with van der Waals surface area (Å²) in [4.78, 5) is 31.9. The van der Waals surface area contributed by atoms with Crippen molar-refractivity contribution in [1.82, 2.24) is 20.4 Å². The van der Waals surface area contributed by atoms with Crippen LogP contribution in [0, 0.1) is 0 Å². The van der Waals surface area contributed by atoms with Crippen LogP contribution in [0.2, 0.25) is 5.02 Å². The molecule has 2 fully saturated rings. The fourth-order valence-corrected chi connectivity index (χ4v) is 4.24. The van der Waals surface area contributed by atoms with E-state index >= 15 is 0 Å². The Morgan fingerprint density at radius 3 is 2.63 bits per heavy atom. The second-order valence-corrected chi connectivity index (χ2v) is 8.38. The third-order valence-corrected chi connectivity index (χ3v) is 6.17. The van der Waals surface area contributed by atoms with Gasteiger partial charge in [0.25, 0.3) is 17.5 Å². The molecule has 0 radical (unpaired) electrons. The topological polar surface area (TPSA) is 88.3 Å². The molecular formula is C22H21ClN4O3. The Morgan fingerprint density at radius 1 is 1.17 bits per heavy atom. The van der Waals surface area contributed by atoms with Crippen LogP contribution in [-0.2, 0) is 0 Å². The Bertz CT molecular complexity index is 1140. The number of hydrogen-bond donors (Lipinski definition) is 1. The van der Waals surface area contributed by atoms with Gasteiger partial charge in [-0.2, -0.15) is 0 Å². The van der Waals surface area contributed by atoms with Crippen molar-refractivity contribution in [1.29, 1.82) is 0 Å². The highest BCUT2D eigenvalue weighted by Gasteiger charge is 2.34. The number of likely N-dealkylation sites (tertiary alicyclic amines) is 1. The average molecular weight is 425 g/mol. The molecule has 1 N–H and O–H groups in total. The summed E-state index contributed by atoms with van der Waals surface area (Å²) in [5, 5.41) is 8.24. The molecule has 3 heterocycles. The molecule has 8 heteroatoms. The molecule has 0 bridgehead atoms. The van der Waals surface area contributed by atoms with Crippen LogP contribution in [0.25, 0.3) is 11.1 Å². The van der Waals surface area contributed by atoms with E-state index in [9.17, 15) is 9.59 Å². The van der Waals surface area contributed by atoms with Gasteiger partial charge in [0.2, 0.25) is 0 Å². The summed E-state index contributed by atoms with van der Waals surface area (Å²) in [6, 6.07) is 8.76. The second kappa shape index (κ2) is 7.40. The number of amides is 2. The summed E-state index contributed by atoms with van der Waals surface area (Å²) in [5.41, 5.74) is 3.13. The maximum absolute atomic E-state index is 12.8. The number of fused-ring (bicyclic) bond motifs is 1. The van der Waals surface area contributed by atoms with Gasteiger partial charge in [-0.15, -0.1) is 0 Å². The van der Waals surface area contributed by atoms with E-state index in [1.807, 2.05) is 6.07 Å². The molecule has 30 heavy (non-hydrogen) atoms. The van der Waals surface area contributed by atoms with Gasteiger partial charge in [0.05, 0.1) is 16.6 Å². The van der Waals surface area contributed by atoms with E-state index in [1.54, 1.807) is 36.2 Å². The number of nitrogens with one attached hydrogen (secondary N) is 1. The first-order chi connectivity index (χ1) is 14.5. The highest BCUT2D eigenvalue weighted by molar-refractivity contribution is 6.30. The van der Waals surface area contributed by atoms with Crippen LogP contribution in [0.15, 0.2) is 34.9 Å². The maximum atomic E-state index is 12.8. The van der Waals surface area contributed by atoms with Gasteiger partial charge in [0, 0.05) is 48.3 Å². The SMILES string of the molecule is CNC(=O)c1cc(C2CC2)nc2onc(C3CCN(C(=O)c4ccc(Cl)cc4)C3)c12. The minimum Gasteiger partial charge on any atom is -0.355 e. The Labute approximate surface area is 178 Å². The summed E-state index contributed by atoms with van der Waals surface area (Å²) in [5.74, 6) is 0.160. The predicted octanol–water partition coefficient (Wildman–Crippen LogP) is 3.74. The summed E-state index contributed by atoms with van der Waals surface area (Å²) in [6.07, 6.45) is 2.91. The summed E-state index contributed by atoms with van der Waals surface area (Å²) in [7, 11) is 1.61. The van der Waals surface area contributed by atoms with Crippen LogP contribution in [0.1, 0.15) is 63.2 Å².